The second-order valence-electron chi connectivity index (χ2n) is 4.74. The maximum Gasteiger partial charge on any atom is 0.313 e. The lowest BCUT2D eigenvalue weighted by Gasteiger charge is -1.98. The van der Waals surface area contributed by atoms with Crippen molar-refractivity contribution in [2.45, 2.75) is 5.16 Å². The molecule has 0 aliphatic rings. The summed E-state index contributed by atoms with van der Waals surface area (Å²) >= 11 is 1.07. The molecule has 22 heavy (non-hydrogen) atoms. The van der Waals surface area contributed by atoms with Gasteiger partial charge in [-0.05, 0) is 6.07 Å². The lowest BCUT2D eigenvalue weighted by Crippen LogP contribution is -2.02. The highest BCUT2D eigenvalue weighted by molar-refractivity contribution is 7.99. The van der Waals surface area contributed by atoms with Gasteiger partial charge in [-0.25, -0.2) is 0 Å². The molecule has 0 unspecified atom stereocenters. The number of aromatic nitrogens is 6. The van der Waals surface area contributed by atoms with Gasteiger partial charge in [-0.2, -0.15) is 14.6 Å². The van der Waals surface area contributed by atoms with Gasteiger partial charge in [-0.1, -0.05) is 30.0 Å². The van der Waals surface area contributed by atoms with Crippen molar-refractivity contribution in [2.24, 2.45) is 7.05 Å². The van der Waals surface area contributed by atoms with Crippen LogP contribution in [-0.4, -0.2) is 46.2 Å². The van der Waals surface area contributed by atoms with Crippen molar-refractivity contribution in [3.8, 4) is 0 Å². The molecule has 110 valence electrons. The highest BCUT2D eigenvalue weighted by atomic mass is 32.2. The van der Waals surface area contributed by atoms with Crippen LogP contribution in [-0.2, 0) is 11.8 Å². The Morgan fingerprint density at radius 3 is 2.95 bits per heavy atom. The molecule has 0 atom stereocenters. The van der Waals surface area contributed by atoms with Crippen molar-refractivity contribution in [1.82, 2.24) is 29.4 Å². The van der Waals surface area contributed by atoms with Gasteiger partial charge in [0, 0.05) is 12.4 Å². The minimum Gasteiger partial charge on any atom is -0.481 e. The number of carbonyl (C=O) groups is 1. The van der Waals surface area contributed by atoms with Crippen molar-refractivity contribution >= 4 is 45.6 Å². The van der Waals surface area contributed by atoms with E-state index in [1.54, 1.807) is 0 Å². The number of carboxylic acids is 1. The van der Waals surface area contributed by atoms with Crippen molar-refractivity contribution in [3.05, 3.63) is 24.3 Å². The molecule has 4 aromatic rings. The standard InChI is InChI=1S/C13H10N6O2S/c1-18-8-5-3-2-4-7(8)10-11(18)14-12-15-16-13(19(12)17-10)22-6-9(20)21/h2-5H,6H2,1H3,(H,20,21). The maximum atomic E-state index is 10.7. The number of hydrogen-bond acceptors (Lipinski definition) is 6. The number of hydrogen-bond donors (Lipinski definition) is 1. The predicted molar refractivity (Wildman–Crippen MR) is 80.9 cm³/mol. The normalized spacial score (nSPS) is 11.7. The summed E-state index contributed by atoms with van der Waals surface area (Å²) in [6.45, 7) is 0. The second kappa shape index (κ2) is 4.67. The van der Waals surface area contributed by atoms with Crippen molar-refractivity contribution in [1.29, 1.82) is 0 Å². The Morgan fingerprint density at radius 2 is 2.14 bits per heavy atom. The van der Waals surface area contributed by atoms with Crippen LogP contribution in [0.4, 0.5) is 0 Å². The van der Waals surface area contributed by atoms with E-state index in [4.69, 9.17) is 5.11 Å². The summed E-state index contributed by atoms with van der Waals surface area (Å²) in [6.07, 6.45) is 0. The molecule has 0 bridgehead atoms. The number of rotatable bonds is 3. The van der Waals surface area contributed by atoms with Gasteiger partial charge in [0.2, 0.25) is 5.16 Å². The second-order valence-corrected chi connectivity index (χ2v) is 5.68. The topological polar surface area (TPSA) is 98.2 Å². The van der Waals surface area contributed by atoms with Gasteiger partial charge in [-0.15, -0.1) is 10.2 Å². The summed E-state index contributed by atoms with van der Waals surface area (Å²) in [5.41, 5.74) is 2.48. The lowest BCUT2D eigenvalue weighted by molar-refractivity contribution is -0.133. The average molecular weight is 314 g/mol. The van der Waals surface area contributed by atoms with E-state index in [0.29, 0.717) is 10.9 Å². The fraction of sp³-hybridized carbons (Fsp3) is 0.154. The van der Waals surface area contributed by atoms with Crippen LogP contribution in [0.15, 0.2) is 29.4 Å². The van der Waals surface area contributed by atoms with Crippen molar-refractivity contribution in [2.75, 3.05) is 5.75 Å². The Labute approximate surface area is 127 Å². The first-order chi connectivity index (χ1) is 10.6. The fourth-order valence-electron chi connectivity index (χ4n) is 2.41. The first kappa shape index (κ1) is 13.0. The summed E-state index contributed by atoms with van der Waals surface area (Å²) in [5.74, 6) is -0.664. The van der Waals surface area contributed by atoms with E-state index in [9.17, 15) is 4.79 Å². The van der Waals surface area contributed by atoms with E-state index in [0.717, 1.165) is 33.8 Å². The zero-order valence-electron chi connectivity index (χ0n) is 11.5. The molecular formula is C13H10N6O2S. The molecule has 3 aromatic heterocycles. The molecule has 9 heteroatoms. The van der Waals surface area contributed by atoms with Crippen LogP contribution in [0.1, 0.15) is 0 Å². The maximum absolute atomic E-state index is 10.7. The number of thioether (sulfide) groups is 1. The Kier molecular flexibility index (Phi) is 2.76. The van der Waals surface area contributed by atoms with Gasteiger partial charge in [0.15, 0.2) is 5.65 Å². The number of aliphatic carboxylic acids is 1. The molecule has 0 saturated heterocycles. The highest BCUT2D eigenvalue weighted by Crippen LogP contribution is 2.26. The Bertz CT molecular complexity index is 1040. The van der Waals surface area contributed by atoms with E-state index in [-0.39, 0.29) is 5.75 Å². The lowest BCUT2D eigenvalue weighted by atomic mass is 10.2. The SMILES string of the molecule is Cn1c2ccccc2c2nn3c(SCC(=O)O)nnc3nc21. The zero-order valence-corrected chi connectivity index (χ0v) is 12.3. The number of carboxylic acid groups (broad SMARTS) is 1. The van der Waals surface area contributed by atoms with Crippen LogP contribution in [0, 0.1) is 0 Å². The summed E-state index contributed by atoms with van der Waals surface area (Å²) in [4.78, 5) is 15.2. The first-order valence-electron chi connectivity index (χ1n) is 6.46. The molecule has 1 aromatic carbocycles. The highest BCUT2D eigenvalue weighted by Gasteiger charge is 2.16. The molecule has 8 nitrogen and oxygen atoms in total. The van der Waals surface area contributed by atoms with Crippen molar-refractivity contribution < 1.29 is 9.90 Å². The molecule has 3 heterocycles. The molecule has 0 amide bonds. The predicted octanol–water partition coefficient (Wildman–Crippen LogP) is 1.34. The third kappa shape index (κ3) is 1.82. The fourth-order valence-corrected chi connectivity index (χ4v) is 3.01. The molecule has 0 aliphatic carbocycles. The van der Waals surface area contributed by atoms with Gasteiger partial charge in [-0.3, -0.25) is 4.79 Å². The average Bonchev–Trinajstić information content (AvgIpc) is 3.04. The molecule has 0 saturated carbocycles. The van der Waals surface area contributed by atoms with E-state index in [1.807, 2.05) is 35.9 Å². The van der Waals surface area contributed by atoms with Crippen LogP contribution in [0.2, 0.25) is 0 Å². The molecule has 0 radical (unpaired) electrons. The Balaban J connectivity index is 1.99. The molecule has 0 aliphatic heterocycles. The smallest absolute Gasteiger partial charge is 0.313 e. The van der Waals surface area contributed by atoms with Crippen LogP contribution in [0.3, 0.4) is 0 Å². The molecular weight excluding hydrogens is 304 g/mol. The third-order valence-electron chi connectivity index (χ3n) is 3.38. The van der Waals surface area contributed by atoms with Crippen LogP contribution in [0.25, 0.3) is 27.8 Å². The van der Waals surface area contributed by atoms with Gasteiger partial charge in [0.05, 0.1) is 11.3 Å². The summed E-state index contributed by atoms with van der Waals surface area (Å²) in [5, 5.41) is 22.7. The number of aryl methyl sites for hydroxylation is 1. The van der Waals surface area contributed by atoms with Crippen LogP contribution in [0.5, 0.6) is 0 Å². The van der Waals surface area contributed by atoms with Gasteiger partial charge in [0.25, 0.3) is 5.78 Å². The zero-order chi connectivity index (χ0) is 15.3. The number of fused-ring (bicyclic) bond motifs is 4. The van der Waals surface area contributed by atoms with Gasteiger partial charge >= 0.3 is 5.97 Å². The van der Waals surface area contributed by atoms with E-state index in [1.165, 1.54) is 4.52 Å². The number of nitrogens with zero attached hydrogens (tertiary/aromatic N) is 6. The monoisotopic (exact) mass is 314 g/mol. The third-order valence-corrected chi connectivity index (χ3v) is 4.28. The number of benzene rings is 1. The summed E-state index contributed by atoms with van der Waals surface area (Å²) < 4.78 is 3.44. The largest absolute Gasteiger partial charge is 0.481 e. The van der Waals surface area contributed by atoms with E-state index in [2.05, 4.69) is 20.3 Å². The molecule has 4 rings (SSSR count). The first-order valence-corrected chi connectivity index (χ1v) is 7.45. The van der Waals surface area contributed by atoms with Gasteiger partial charge < -0.3 is 9.67 Å². The number of para-hydroxylation sites is 1. The van der Waals surface area contributed by atoms with Crippen molar-refractivity contribution in [3.63, 3.8) is 0 Å². The molecule has 0 spiro atoms. The Hall–Kier alpha value is -2.68. The molecule has 0 fully saturated rings. The summed E-state index contributed by atoms with van der Waals surface area (Å²) in [7, 11) is 1.92. The van der Waals surface area contributed by atoms with Crippen LogP contribution < -0.4 is 0 Å². The minimum absolute atomic E-state index is 0.101. The Morgan fingerprint density at radius 1 is 1.32 bits per heavy atom. The quantitative estimate of drug-likeness (QED) is 0.570. The van der Waals surface area contributed by atoms with Crippen LogP contribution >= 0.6 is 11.8 Å². The van der Waals surface area contributed by atoms with E-state index >= 15 is 0 Å². The summed E-state index contributed by atoms with van der Waals surface area (Å²) in [6, 6.07) is 7.88. The van der Waals surface area contributed by atoms with Gasteiger partial charge in [0.1, 0.15) is 5.52 Å². The molecule has 1 N–H and O–H groups in total. The minimum atomic E-state index is -0.916. The van der Waals surface area contributed by atoms with E-state index < -0.39 is 5.97 Å².